The van der Waals surface area contributed by atoms with Crippen LogP contribution in [0.2, 0.25) is 0 Å². The predicted molar refractivity (Wildman–Crippen MR) is 94.9 cm³/mol. The van der Waals surface area contributed by atoms with E-state index in [0.717, 1.165) is 6.42 Å². The van der Waals surface area contributed by atoms with Gasteiger partial charge in [0.2, 0.25) is 0 Å². The molecule has 0 aliphatic carbocycles. The topological polar surface area (TPSA) is 26.0 Å². The van der Waals surface area contributed by atoms with Crippen molar-refractivity contribution in [2.45, 2.75) is 20.3 Å². The van der Waals surface area contributed by atoms with Crippen LogP contribution >= 0.6 is 11.3 Å². The van der Waals surface area contributed by atoms with Gasteiger partial charge < -0.3 is 5.73 Å². The minimum atomic E-state index is 0.951. The molecule has 0 radical (unpaired) electrons. The maximum absolute atomic E-state index is 5.45. The lowest BCUT2D eigenvalue weighted by Gasteiger charge is -2.05. The fourth-order valence-corrected chi connectivity index (χ4v) is 3.99. The van der Waals surface area contributed by atoms with Crippen LogP contribution in [0.15, 0.2) is 60.3 Å². The largest absolute Gasteiger partial charge is 0.405 e. The highest BCUT2D eigenvalue weighted by molar-refractivity contribution is 7.26. The quantitative estimate of drug-likeness (QED) is 0.649. The molecule has 1 aromatic heterocycles. The zero-order valence-electron chi connectivity index (χ0n) is 12.4. The number of nitrogens with two attached hydrogens (primary N) is 1. The van der Waals surface area contributed by atoms with Crippen molar-refractivity contribution in [1.82, 2.24) is 0 Å². The van der Waals surface area contributed by atoms with Gasteiger partial charge in [-0.1, -0.05) is 42.0 Å². The normalized spacial score (nSPS) is 12.8. The van der Waals surface area contributed by atoms with Gasteiger partial charge in [-0.3, -0.25) is 0 Å². The van der Waals surface area contributed by atoms with Gasteiger partial charge in [0.25, 0.3) is 0 Å². The van der Waals surface area contributed by atoms with Crippen molar-refractivity contribution in [2.24, 2.45) is 5.73 Å². The first kappa shape index (κ1) is 13.9. The van der Waals surface area contributed by atoms with E-state index in [2.05, 4.69) is 56.3 Å². The number of hydrogen-bond donors (Lipinski definition) is 1. The molecule has 106 valence electrons. The number of allylic oxidation sites excluding steroid dienone is 3. The average molecular weight is 293 g/mol. The van der Waals surface area contributed by atoms with Crippen molar-refractivity contribution in [3.63, 3.8) is 0 Å². The summed E-state index contributed by atoms with van der Waals surface area (Å²) in [5.41, 5.74) is 9.44. The van der Waals surface area contributed by atoms with Crippen LogP contribution in [0, 0.1) is 6.92 Å². The summed E-state index contributed by atoms with van der Waals surface area (Å²) in [5, 5.41) is 2.73. The summed E-state index contributed by atoms with van der Waals surface area (Å²) in [6.07, 6.45) is 6.74. The van der Waals surface area contributed by atoms with Gasteiger partial charge in [-0.15, -0.1) is 11.3 Å². The standard InChI is InChI=1S/C19H19NS/c1-13(11-12-20)7-9-15-14(2)8-10-17-16-5-3-4-6-18(16)21-19(15)17/h3-8,10-12H,9,20H2,1-2H3/b12-11-,13-7-. The fraction of sp³-hybridized carbons (Fsp3) is 0.158. The summed E-state index contributed by atoms with van der Waals surface area (Å²) >= 11 is 1.90. The van der Waals surface area contributed by atoms with Crippen LogP contribution in [0.25, 0.3) is 20.2 Å². The van der Waals surface area contributed by atoms with Crippen molar-refractivity contribution in [2.75, 3.05) is 0 Å². The molecule has 3 aromatic rings. The molecule has 0 unspecified atom stereocenters. The highest BCUT2D eigenvalue weighted by Crippen LogP contribution is 2.37. The van der Waals surface area contributed by atoms with E-state index < -0.39 is 0 Å². The summed E-state index contributed by atoms with van der Waals surface area (Å²) in [4.78, 5) is 0. The first-order chi connectivity index (χ1) is 10.2. The van der Waals surface area contributed by atoms with Gasteiger partial charge in [0.15, 0.2) is 0 Å². The molecular formula is C19H19NS. The molecule has 0 aliphatic heterocycles. The van der Waals surface area contributed by atoms with E-state index in [0.29, 0.717) is 0 Å². The number of aryl methyl sites for hydroxylation is 1. The lowest BCUT2D eigenvalue weighted by molar-refractivity contribution is 1.22. The Morgan fingerprint density at radius 3 is 2.76 bits per heavy atom. The van der Waals surface area contributed by atoms with Crippen LogP contribution in [-0.2, 0) is 6.42 Å². The van der Waals surface area contributed by atoms with Gasteiger partial charge in [-0.05, 0) is 49.7 Å². The molecule has 0 fully saturated rings. The van der Waals surface area contributed by atoms with Gasteiger partial charge >= 0.3 is 0 Å². The minimum Gasteiger partial charge on any atom is -0.405 e. The predicted octanol–water partition coefficient (Wildman–Crippen LogP) is 5.32. The molecule has 1 heterocycles. The van der Waals surface area contributed by atoms with E-state index in [4.69, 9.17) is 5.73 Å². The van der Waals surface area contributed by atoms with Crippen molar-refractivity contribution in [3.8, 4) is 0 Å². The fourth-order valence-electron chi connectivity index (χ4n) is 2.68. The monoisotopic (exact) mass is 293 g/mol. The Labute approximate surface area is 129 Å². The van der Waals surface area contributed by atoms with Crippen molar-refractivity contribution < 1.29 is 0 Å². The second-order valence-corrected chi connectivity index (χ2v) is 6.40. The molecule has 2 heteroatoms. The Bertz CT molecular complexity index is 853. The third kappa shape index (κ3) is 2.59. The van der Waals surface area contributed by atoms with E-state index >= 15 is 0 Å². The smallest absolute Gasteiger partial charge is 0.0393 e. The summed E-state index contributed by atoms with van der Waals surface area (Å²) < 4.78 is 2.78. The van der Waals surface area contributed by atoms with E-state index in [9.17, 15) is 0 Å². The van der Waals surface area contributed by atoms with Crippen LogP contribution in [0.4, 0.5) is 0 Å². The zero-order chi connectivity index (χ0) is 14.8. The minimum absolute atomic E-state index is 0.951. The Hall–Kier alpha value is -2.06. The number of fused-ring (bicyclic) bond motifs is 3. The van der Waals surface area contributed by atoms with Crippen molar-refractivity contribution >= 4 is 31.5 Å². The number of benzene rings is 2. The molecule has 2 aromatic carbocycles. The third-order valence-corrected chi connectivity index (χ3v) is 5.12. The Balaban J connectivity index is 2.17. The number of hydrogen-bond acceptors (Lipinski definition) is 2. The van der Waals surface area contributed by atoms with E-state index in [1.54, 1.807) is 6.20 Å². The molecule has 0 saturated carbocycles. The SMILES string of the molecule is CC(/C=C\N)=C/Cc1c(C)ccc2c1sc1ccccc12. The molecule has 3 rings (SSSR count). The lowest BCUT2D eigenvalue weighted by Crippen LogP contribution is -1.88. The number of rotatable bonds is 3. The van der Waals surface area contributed by atoms with Crippen LogP contribution in [0.5, 0.6) is 0 Å². The molecule has 0 bridgehead atoms. The maximum atomic E-state index is 5.45. The van der Waals surface area contributed by atoms with Crippen LogP contribution in [0.3, 0.4) is 0 Å². The molecule has 2 N–H and O–H groups in total. The summed E-state index contributed by atoms with van der Waals surface area (Å²) in [5.74, 6) is 0. The van der Waals surface area contributed by atoms with Gasteiger partial charge in [0.05, 0.1) is 0 Å². The molecule has 0 aliphatic rings. The molecule has 0 spiro atoms. The molecular weight excluding hydrogens is 274 g/mol. The van der Waals surface area contributed by atoms with Gasteiger partial charge in [-0.25, -0.2) is 0 Å². The van der Waals surface area contributed by atoms with Crippen LogP contribution in [-0.4, -0.2) is 0 Å². The van der Waals surface area contributed by atoms with Crippen molar-refractivity contribution in [1.29, 1.82) is 0 Å². The number of thiophene rings is 1. The summed E-state index contributed by atoms with van der Waals surface area (Å²) in [6.45, 7) is 4.28. The second kappa shape index (κ2) is 5.74. The lowest BCUT2D eigenvalue weighted by atomic mass is 10.0. The van der Waals surface area contributed by atoms with Gasteiger partial charge in [0, 0.05) is 20.2 Å². The summed E-state index contributed by atoms with van der Waals surface area (Å²) in [6, 6.07) is 13.1. The van der Waals surface area contributed by atoms with Gasteiger partial charge in [-0.2, -0.15) is 0 Å². The van der Waals surface area contributed by atoms with E-state index in [1.165, 1.54) is 36.9 Å². The highest BCUT2D eigenvalue weighted by Gasteiger charge is 2.09. The van der Waals surface area contributed by atoms with Crippen LogP contribution in [0.1, 0.15) is 18.1 Å². The molecule has 21 heavy (non-hydrogen) atoms. The van der Waals surface area contributed by atoms with E-state index in [1.807, 2.05) is 17.4 Å². The first-order valence-electron chi connectivity index (χ1n) is 7.15. The first-order valence-corrected chi connectivity index (χ1v) is 7.97. The summed E-state index contributed by atoms with van der Waals surface area (Å²) in [7, 11) is 0. The molecule has 0 amide bonds. The Morgan fingerprint density at radius 2 is 1.95 bits per heavy atom. The molecule has 1 nitrogen and oxygen atoms in total. The third-order valence-electron chi connectivity index (χ3n) is 3.87. The molecule has 0 atom stereocenters. The van der Waals surface area contributed by atoms with E-state index in [-0.39, 0.29) is 0 Å². The highest BCUT2D eigenvalue weighted by atomic mass is 32.1. The van der Waals surface area contributed by atoms with Crippen LogP contribution < -0.4 is 5.73 Å². The average Bonchev–Trinajstić information content (AvgIpc) is 2.85. The zero-order valence-corrected chi connectivity index (χ0v) is 13.2. The Morgan fingerprint density at radius 1 is 1.14 bits per heavy atom. The van der Waals surface area contributed by atoms with Crippen molar-refractivity contribution in [3.05, 3.63) is 71.5 Å². The molecule has 0 saturated heterocycles. The van der Waals surface area contributed by atoms with Gasteiger partial charge in [0.1, 0.15) is 0 Å². The Kier molecular flexibility index (Phi) is 3.80. The maximum Gasteiger partial charge on any atom is 0.0393 e. The second-order valence-electron chi connectivity index (χ2n) is 5.35.